The fraction of sp³-hybridized carbons (Fsp3) is 0.417. The van der Waals surface area contributed by atoms with Gasteiger partial charge < -0.3 is 5.73 Å². The van der Waals surface area contributed by atoms with Crippen molar-refractivity contribution in [2.75, 3.05) is 12.0 Å². The number of sulfonamides is 1. The van der Waals surface area contributed by atoms with Gasteiger partial charge in [-0.25, -0.2) is 13.1 Å². The second-order valence-electron chi connectivity index (χ2n) is 4.07. The highest BCUT2D eigenvalue weighted by Crippen LogP contribution is 2.13. The van der Waals surface area contributed by atoms with Gasteiger partial charge in [-0.1, -0.05) is 31.3 Å². The minimum atomic E-state index is -3.53. The highest BCUT2D eigenvalue weighted by molar-refractivity contribution is 7.98. The van der Waals surface area contributed by atoms with Gasteiger partial charge in [0.2, 0.25) is 10.0 Å². The fourth-order valence-corrected chi connectivity index (χ4v) is 3.86. The largest absolute Gasteiger partial charge is 0.389 e. The summed E-state index contributed by atoms with van der Waals surface area (Å²) in [6.45, 7) is 1.95. The Kier molecular flexibility index (Phi) is 6.25. The van der Waals surface area contributed by atoms with Gasteiger partial charge in [-0.2, -0.15) is 11.8 Å². The monoisotopic (exact) mass is 318 g/mol. The lowest BCUT2D eigenvalue weighted by atomic mass is 10.2. The van der Waals surface area contributed by atoms with E-state index in [0.29, 0.717) is 5.56 Å². The number of hydrogen-bond donors (Lipinski definition) is 2. The number of rotatable bonds is 7. The summed E-state index contributed by atoms with van der Waals surface area (Å²) in [5.74, 6) is 0.741. The molecular weight excluding hydrogens is 300 g/mol. The van der Waals surface area contributed by atoms with Crippen molar-refractivity contribution >= 4 is 39.0 Å². The lowest BCUT2D eigenvalue weighted by Gasteiger charge is -2.16. The molecule has 4 nitrogen and oxygen atoms in total. The molecule has 0 heterocycles. The smallest absolute Gasteiger partial charge is 0.240 e. The van der Waals surface area contributed by atoms with E-state index in [2.05, 4.69) is 4.72 Å². The molecule has 0 amide bonds. The molecule has 19 heavy (non-hydrogen) atoms. The first-order valence-corrected chi connectivity index (χ1v) is 9.10. The molecule has 0 saturated carbocycles. The van der Waals surface area contributed by atoms with Gasteiger partial charge in [0, 0.05) is 17.4 Å². The average Bonchev–Trinajstić information content (AvgIpc) is 2.38. The molecule has 106 valence electrons. The highest BCUT2D eigenvalue weighted by Gasteiger charge is 2.19. The first-order valence-electron chi connectivity index (χ1n) is 5.81. The van der Waals surface area contributed by atoms with Crippen LogP contribution in [0.4, 0.5) is 0 Å². The summed E-state index contributed by atoms with van der Waals surface area (Å²) in [6, 6.07) is 6.29. The van der Waals surface area contributed by atoms with Crippen molar-refractivity contribution in [2.24, 2.45) is 5.73 Å². The van der Waals surface area contributed by atoms with Gasteiger partial charge in [-0.3, -0.25) is 0 Å². The Labute approximate surface area is 124 Å². The maximum absolute atomic E-state index is 12.2. The normalized spacial score (nSPS) is 13.2. The summed E-state index contributed by atoms with van der Waals surface area (Å²) in [6.07, 6.45) is 2.69. The summed E-state index contributed by atoms with van der Waals surface area (Å²) in [7, 11) is -3.53. The number of nitrogens with one attached hydrogen (secondary N) is 1. The maximum atomic E-state index is 12.2. The van der Waals surface area contributed by atoms with E-state index in [4.69, 9.17) is 18.0 Å². The summed E-state index contributed by atoms with van der Waals surface area (Å²) in [5.41, 5.74) is 6.07. The molecule has 0 aliphatic heterocycles. The van der Waals surface area contributed by atoms with Gasteiger partial charge in [0.05, 0.1) is 4.90 Å². The number of thiocarbonyl (C=S) groups is 1. The van der Waals surface area contributed by atoms with Crippen LogP contribution in [0.5, 0.6) is 0 Å². The molecule has 1 aromatic rings. The van der Waals surface area contributed by atoms with Crippen molar-refractivity contribution in [3.05, 3.63) is 29.8 Å². The molecule has 1 atom stereocenters. The Hall–Kier alpha value is -0.630. The second-order valence-corrected chi connectivity index (χ2v) is 7.14. The molecule has 0 aliphatic rings. The van der Waals surface area contributed by atoms with Crippen LogP contribution in [-0.4, -0.2) is 31.5 Å². The maximum Gasteiger partial charge on any atom is 0.240 e. The molecular formula is C12H18N2O2S3. The fourth-order valence-electron chi connectivity index (χ4n) is 1.54. The lowest BCUT2D eigenvalue weighted by molar-refractivity contribution is 0.558. The van der Waals surface area contributed by atoms with Gasteiger partial charge in [-0.05, 0) is 24.8 Å². The zero-order valence-electron chi connectivity index (χ0n) is 10.9. The second kappa shape index (κ2) is 7.23. The first-order chi connectivity index (χ1) is 8.90. The number of thioether (sulfide) groups is 1. The molecule has 3 N–H and O–H groups in total. The zero-order valence-corrected chi connectivity index (χ0v) is 13.4. The van der Waals surface area contributed by atoms with Crippen LogP contribution in [0, 0.1) is 0 Å². The third kappa shape index (κ3) is 4.76. The van der Waals surface area contributed by atoms with E-state index in [1.165, 1.54) is 12.1 Å². The van der Waals surface area contributed by atoms with E-state index in [1.54, 1.807) is 23.9 Å². The predicted molar refractivity (Wildman–Crippen MR) is 85.1 cm³/mol. The van der Waals surface area contributed by atoms with Crippen LogP contribution in [0.25, 0.3) is 0 Å². The number of hydrogen-bond acceptors (Lipinski definition) is 4. The molecule has 0 spiro atoms. The molecule has 7 heteroatoms. The Morgan fingerprint density at radius 2 is 2.21 bits per heavy atom. The van der Waals surface area contributed by atoms with Crippen molar-refractivity contribution in [3.63, 3.8) is 0 Å². The number of nitrogens with two attached hydrogens (primary N) is 1. The van der Waals surface area contributed by atoms with Crippen molar-refractivity contribution in [1.29, 1.82) is 0 Å². The van der Waals surface area contributed by atoms with E-state index in [0.717, 1.165) is 12.2 Å². The molecule has 0 fully saturated rings. The predicted octanol–water partition coefficient (Wildman–Crippen LogP) is 1.74. The van der Waals surface area contributed by atoms with E-state index < -0.39 is 10.0 Å². The van der Waals surface area contributed by atoms with Crippen molar-refractivity contribution in [3.8, 4) is 0 Å². The molecule has 0 bridgehead atoms. The Morgan fingerprint density at radius 1 is 1.53 bits per heavy atom. The Morgan fingerprint density at radius 3 is 2.74 bits per heavy atom. The molecule has 1 unspecified atom stereocenters. The van der Waals surface area contributed by atoms with Gasteiger partial charge in [0.15, 0.2) is 0 Å². The van der Waals surface area contributed by atoms with E-state index in [1.807, 2.05) is 13.2 Å². The highest BCUT2D eigenvalue weighted by atomic mass is 32.2. The van der Waals surface area contributed by atoms with Gasteiger partial charge >= 0.3 is 0 Å². The van der Waals surface area contributed by atoms with Crippen LogP contribution in [-0.2, 0) is 10.0 Å². The minimum Gasteiger partial charge on any atom is -0.389 e. The van der Waals surface area contributed by atoms with E-state index in [-0.39, 0.29) is 15.9 Å². The van der Waals surface area contributed by atoms with Crippen molar-refractivity contribution < 1.29 is 8.42 Å². The van der Waals surface area contributed by atoms with E-state index >= 15 is 0 Å². The molecule has 1 aromatic carbocycles. The molecule has 0 aliphatic carbocycles. The van der Waals surface area contributed by atoms with Crippen molar-refractivity contribution in [1.82, 2.24) is 4.72 Å². The number of benzene rings is 1. The SMILES string of the molecule is CCC(CSC)NS(=O)(=O)c1cccc(C(N)=S)c1. The average molecular weight is 318 g/mol. The molecule has 0 saturated heterocycles. The first kappa shape index (κ1) is 16.4. The molecule has 0 radical (unpaired) electrons. The molecule has 1 rings (SSSR count). The standard InChI is InChI=1S/C12H18N2O2S3/c1-3-10(8-18-2)14-19(15,16)11-6-4-5-9(7-11)12(13)17/h4-7,10,14H,3,8H2,1-2H3,(H2,13,17). The van der Waals surface area contributed by atoms with Gasteiger partial charge in [0.25, 0.3) is 0 Å². The lowest BCUT2D eigenvalue weighted by Crippen LogP contribution is -2.36. The van der Waals surface area contributed by atoms with Gasteiger partial charge in [0.1, 0.15) is 4.99 Å². The van der Waals surface area contributed by atoms with Crippen molar-refractivity contribution in [2.45, 2.75) is 24.3 Å². The third-order valence-electron chi connectivity index (χ3n) is 2.61. The third-order valence-corrected chi connectivity index (χ3v) is 5.10. The summed E-state index contributed by atoms with van der Waals surface area (Å²) in [4.78, 5) is 0.380. The summed E-state index contributed by atoms with van der Waals surface area (Å²) in [5, 5.41) is 0. The Bertz CT molecular complexity index is 544. The summed E-state index contributed by atoms with van der Waals surface area (Å²) < 4.78 is 27.2. The Balaban J connectivity index is 2.99. The topological polar surface area (TPSA) is 72.2 Å². The van der Waals surface area contributed by atoms with Crippen LogP contribution in [0.2, 0.25) is 0 Å². The van der Waals surface area contributed by atoms with Crippen LogP contribution in [0.15, 0.2) is 29.2 Å². The van der Waals surface area contributed by atoms with Crippen LogP contribution in [0.3, 0.4) is 0 Å². The minimum absolute atomic E-state index is 0.0755. The summed E-state index contributed by atoms with van der Waals surface area (Å²) >= 11 is 6.47. The quantitative estimate of drug-likeness (QED) is 0.749. The molecule has 0 aromatic heterocycles. The van der Waals surface area contributed by atoms with E-state index in [9.17, 15) is 8.42 Å². The van der Waals surface area contributed by atoms with Gasteiger partial charge in [-0.15, -0.1) is 0 Å². The van der Waals surface area contributed by atoms with Crippen LogP contribution in [0.1, 0.15) is 18.9 Å². The van der Waals surface area contributed by atoms with Crippen LogP contribution < -0.4 is 10.5 Å². The zero-order chi connectivity index (χ0) is 14.5. The van der Waals surface area contributed by atoms with Crippen LogP contribution >= 0.6 is 24.0 Å².